The SMILES string of the molecule is O=C(O)C(=O)Nc1sc2c(c1C(=O)O)CC(CNC(=O)c1ccc(NC(=O)c3ccccc3)cc1)NC2. The van der Waals surface area contributed by atoms with E-state index in [2.05, 4.69) is 21.3 Å². The Balaban J connectivity index is 1.35. The fraction of sp³-hybridized carbons (Fsp3) is 0.160. The Hall–Kier alpha value is -4.55. The molecular formula is C25H22N4O7S. The van der Waals surface area contributed by atoms with Crippen LogP contribution in [-0.4, -0.2) is 52.5 Å². The van der Waals surface area contributed by atoms with E-state index in [0.29, 0.717) is 33.8 Å². The average Bonchev–Trinajstić information content (AvgIpc) is 3.25. The molecule has 0 saturated heterocycles. The van der Waals surface area contributed by atoms with Crippen LogP contribution in [0.3, 0.4) is 0 Å². The molecule has 3 aromatic rings. The second-order valence-electron chi connectivity index (χ2n) is 8.16. The molecule has 0 spiro atoms. The molecule has 1 atom stereocenters. The number of aliphatic carboxylic acids is 1. The van der Waals surface area contributed by atoms with E-state index in [1.165, 1.54) is 0 Å². The quantitative estimate of drug-likeness (QED) is 0.256. The van der Waals surface area contributed by atoms with Crippen LogP contribution in [0.1, 0.15) is 41.5 Å². The molecule has 4 rings (SSSR count). The topological polar surface area (TPSA) is 174 Å². The van der Waals surface area contributed by atoms with Gasteiger partial charge in [0.05, 0.1) is 5.56 Å². The van der Waals surface area contributed by atoms with E-state index in [4.69, 9.17) is 5.11 Å². The molecule has 12 heteroatoms. The largest absolute Gasteiger partial charge is 0.478 e. The highest BCUT2D eigenvalue weighted by Crippen LogP contribution is 2.36. The molecule has 0 bridgehead atoms. The van der Waals surface area contributed by atoms with E-state index in [0.717, 1.165) is 11.3 Å². The number of anilines is 2. The lowest BCUT2D eigenvalue weighted by atomic mass is 9.98. The number of nitrogens with one attached hydrogen (secondary N) is 4. The maximum absolute atomic E-state index is 12.6. The fourth-order valence-corrected chi connectivity index (χ4v) is 5.02. The number of thiophene rings is 1. The zero-order valence-electron chi connectivity index (χ0n) is 19.2. The van der Waals surface area contributed by atoms with Crippen LogP contribution in [0.4, 0.5) is 10.7 Å². The predicted octanol–water partition coefficient (Wildman–Crippen LogP) is 2.17. The molecular weight excluding hydrogens is 500 g/mol. The maximum Gasteiger partial charge on any atom is 0.394 e. The number of hydrogen-bond acceptors (Lipinski definition) is 7. The van der Waals surface area contributed by atoms with Gasteiger partial charge in [0.25, 0.3) is 11.8 Å². The van der Waals surface area contributed by atoms with Crippen molar-refractivity contribution in [2.75, 3.05) is 17.2 Å². The number of carboxylic acid groups (broad SMARTS) is 2. The smallest absolute Gasteiger partial charge is 0.394 e. The molecule has 190 valence electrons. The first-order chi connectivity index (χ1) is 17.7. The fourth-order valence-electron chi connectivity index (χ4n) is 3.86. The molecule has 1 aliphatic heterocycles. The van der Waals surface area contributed by atoms with Crippen LogP contribution in [0.15, 0.2) is 54.6 Å². The Kier molecular flexibility index (Phi) is 7.60. The van der Waals surface area contributed by atoms with Crippen LogP contribution in [-0.2, 0) is 22.6 Å². The van der Waals surface area contributed by atoms with Gasteiger partial charge in [-0.2, -0.15) is 0 Å². The predicted molar refractivity (Wildman–Crippen MR) is 135 cm³/mol. The number of amides is 3. The van der Waals surface area contributed by atoms with Crippen molar-refractivity contribution >= 4 is 51.7 Å². The lowest BCUT2D eigenvalue weighted by Crippen LogP contribution is -2.44. The third-order valence-corrected chi connectivity index (χ3v) is 6.83. The summed E-state index contributed by atoms with van der Waals surface area (Å²) in [6.07, 6.45) is 0.265. The van der Waals surface area contributed by atoms with Gasteiger partial charge in [-0.05, 0) is 48.4 Å². The minimum Gasteiger partial charge on any atom is -0.478 e. The van der Waals surface area contributed by atoms with Crippen molar-refractivity contribution < 1.29 is 34.2 Å². The summed E-state index contributed by atoms with van der Waals surface area (Å²) in [4.78, 5) is 59.8. The molecule has 1 aliphatic rings. The molecule has 0 aliphatic carbocycles. The van der Waals surface area contributed by atoms with Crippen molar-refractivity contribution in [1.29, 1.82) is 0 Å². The van der Waals surface area contributed by atoms with Crippen molar-refractivity contribution in [3.05, 3.63) is 81.7 Å². The summed E-state index contributed by atoms with van der Waals surface area (Å²) < 4.78 is 0. The van der Waals surface area contributed by atoms with Crippen LogP contribution in [0.5, 0.6) is 0 Å². The number of aromatic carboxylic acids is 1. The lowest BCUT2D eigenvalue weighted by Gasteiger charge is -2.24. The second kappa shape index (κ2) is 11.0. The van der Waals surface area contributed by atoms with Crippen LogP contribution in [0.25, 0.3) is 0 Å². The Bertz CT molecular complexity index is 1370. The zero-order valence-corrected chi connectivity index (χ0v) is 20.1. The molecule has 0 saturated carbocycles. The summed E-state index contributed by atoms with van der Waals surface area (Å²) in [5.74, 6) is -4.91. The van der Waals surface area contributed by atoms with Crippen molar-refractivity contribution in [2.45, 2.75) is 19.0 Å². The van der Waals surface area contributed by atoms with Crippen LogP contribution in [0, 0.1) is 0 Å². The first-order valence-electron chi connectivity index (χ1n) is 11.1. The molecule has 2 aromatic carbocycles. The molecule has 2 heterocycles. The monoisotopic (exact) mass is 522 g/mol. The number of hydrogen-bond donors (Lipinski definition) is 6. The van der Waals surface area contributed by atoms with Gasteiger partial charge in [-0.1, -0.05) is 18.2 Å². The average molecular weight is 523 g/mol. The Labute approximate surface area is 214 Å². The van der Waals surface area contributed by atoms with Crippen molar-refractivity contribution in [3.63, 3.8) is 0 Å². The molecule has 11 nitrogen and oxygen atoms in total. The first-order valence-corrected chi connectivity index (χ1v) is 11.9. The lowest BCUT2D eigenvalue weighted by molar-refractivity contribution is -0.147. The zero-order chi connectivity index (χ0) is 26.5. The number of carboxylic acids is 2. The van der Waals surface area contributed by atoms with Gasteiger partial charge in [-0.3, -0.25) is 14.4 Å². The summed E-state index contributed by atoms with van der Waals surface area (Å²) >= 11 is 1.01. The van der Waals surface area contributed by atoms with Crippen molar-refractivity contribution in [1.82, 2.24) is 10.6 Å². The molecule has 1 aromatic heterocycles. The van der Waals surface area contributed by atoms with E-state index < -0.39 is 17.8 Å². The van der Waals surface area contributed by atoms with Gasteiger partial charge in [-0.25, -0.2) is 9.59 Å². The molecule has 0 radical (unpaired) electrons. The van der Waals surface area contributed by atoms with Gasteiger partial charge in [0.1, 0.15) is 5.00 Å². The second-order valence-corrected chi connectivity index (χ2v) is 9.27. The molecule has 0 fully saturated rings. The Morgan fingerprint density at radius 1 is 0.892 bits per heavy atom. The number of fused-ring (bicyclic) bond motifs is 1. The third-order valence-electron chi connectivity index (χ3n) is 5.68. The molecule has 3 amide bonds. The van der Waals surface area contributed by atoms with Crippen molar-refractivity contribution in [2.24, 2.45) is 0 Å². The van der Waals surface area contributed by atoms with Gasteiger partial charge in [0.2, 0.25) is 0 Å². The summed E-state index contributed by atoms with van der Waals surface area (Å²) in [6.45, 7) is 0.510. The van der Waals surface area contributed by atoms with Gasteiger partial charge in [-0.15, -0.1) is 11.3 Å². The highest BCUT2D eigenvalue weighted by atomic mass is 32.1. The van der Waals surface area contributed by atoms with Gasteiger partial charge < -0.3 is 31.5 Å². The Morgan fingerprint density at radius 3 is 2.22 bits per heavy atom. The first kappa shape index (κ1) is 25.5. The van der Waals surface area contributed by atoms with Crippen LogP contribution >= 0.6 is 11.3 Å². The Morgan fingerprint density at radius 2 is 1.57 bits per heavy atom. The highest BCUT2D eigenvalue weighted by molar-refractivity contribution is 7.17. The summed E-state index contributed by atoms with van der Waals surface area (Å²) in [7, 11) is 0. The third kappa shape index (κ3) is 6.00. The molecule has 1 unspecified atom stereocenters. The maximum atomic E-state index is 12.6. The van der Waals surface area contributed by atoms with Gasteiger partial charge >= 0.3 is 17.8 Å². The summed E-state index contributed by atoms with van der Waals surface area (Å²) in [5.41, 5.74) is 1.79. The van der Waals surface area contributed by atoms with Gasteiger partial charge in [0.15, 0.2) is 0 Å². The van der Waals surface area contributed by atoms with E-state index in [1.807, 2.05) is 6.07 Å². The number of benzene rings is 2. The van der Waals surface area contributed by atoms with E-state index >= 15 is 0 Å². The minimum absolute atomic E-state index is 0.0316. The van der Waals surface area contributed by atoms with Crippen LogP contribution in [0.2, 0.25) is 0 Å². The minimum atomic E-state index is -1.71. The number of rotatable bonds is 7. The normalized spacial score (nSPS) is 14.2. The highest BCUT2D eigenvalue weighted by Gasteiger charge is 2.30. The number of carbonyl (C=O) groups excluding carboxylic acids is 3. The number of carbonyl (C=O) groups is 5. The standard InChI is InChI=1S/C25H22N4O7S/c30-20(14-6-8-15(9-7-14)28-21(31)13-4-2-1-3-5-13)27-11-16-10-17-18(12-26-16)37-23(19(17)24(33)34)29-22(32)25(35)36/h1-9,16,26H,10-12H2,(H,27,30)(H,28,31)(H,29,32)(H,33,34)(H,35,36). The molecule has 37 heavy (non-hydrogen) atoms. The summed E-state index contributed by atoms with van der Waals surface area (Å²) in [6, 6.07) is 14.9. The van der Waals surface area contributed by atoms with E-state index in [9.17, 15) is 29.1 Å². The van der Waals surface area contributed by atoms with Crippen molar-refractivity contribution in [3.8, 4) is 0 Å². The van der Waals surface area contributed by atoms with E-state index in [-0.39, 0.29) is 41.4 Å². The summed E-state index contributed by atoms with van der Waals surface area (Å²) in [5, 5.41) is 29.3. The van der Waals surface area contributed by atoms with Crippen LogP contribution < -0.4 is 21.3 Å². The molecule has 6 N–H and O–H groups in total. The van der Waals surface area contributed by atoms with Gasteiger partial charge in [0, 0.05) is 40.8 Å². The van der Waals surface area contributed by atoms with E-state index in [1.54, 1.807) is 48.5 Å².